The Balaban J connectivity index is 1.06. The van der Waals surface area contributed by atoms with Crippen molar-refractivity contribution < 1.29 is 0 Å². The molecule has 0 unspecified atom stereocenters. The minimum Gasteiger partial charge on any atom is -0.236 e. The summed E-state index contributed by atoms with van der Waals surface area (Å²) in [5.74, 6) is 1.95. The molecule has 0 amide bonds. The van der Waals surface area contributed by atoms with E-state index in [1.165, 1.54) is 41.6 Å². The van der Waals surface area contributed by atoms with Gasteiger partial charge < -0.3 is 0 Å². The minimum absolute atomic E-state index is 0.646. The lowest BCUT2D eigenvalue weighted by Crippen LogP contribution is -2.00. The van der Waals surface area contributed by atoms with Crippen LogP contribution in [0.3, 0.4) is 0 Å². The molecule has 0 aliphatic heterocycles. The first-order valence-corrected chi connectivity index (χ1v) is 18.8. The number of benzene rings is 7. The lowest BCUT2D eigenvalue weighted by Gasteiger charge is -2.10. The molecule has 10 aromatic rings. The third-order valence-corrected chi connectivity index (χ3v) is 11.6. The van der Waals surface area contributed by atoms with Crippen LogP contribution >= 0.6 is 22.7 Å². The molecule has 0 bridgehead atoms. The Morgan fingerprint density at radius 2 is 0.865 bits per heavy atom. The number of thiazole rings is 1. The number of aromatic nitrogens is 4. The van der Waals surface area contributed by atoms with E-state index in [9.17, 15) is 0 Å². The molecular formula is C46H28N4S2. The molecule has 0 radical (unpaired) electrons. The highest BCUT2D eigenvalue weighted by atomic mass is 32.1. The van der Waals surface area contributed by atoms with Gasteiger partial charge in [0.15, 0.2) is 17.5 Å². The minimum atomic E-state index is 0.646. The van der Waals surface area contributed by atoms with E-state index < -0.39 is 0 Å². The van der Waals surface area contributed by atoms with E-state index in [-0.39, 0.29) is 0 Å². The van der Waals surface area contributed by atoms with Crippen molar-refractivity contribution in [3.8, 4) is 67.0 Å². The van der Waals surface area contributed by atoms with E-state index in [2.05, 4.69) is 103 Å². The molecule has 0 fully saturated rings. The van der Waals surface area contributed by atoms with Crippen molar-refractivity contribution in [2.75, 3.05) is 0 Å². The molecule has 0 saturated heterocycles. The quantitative estimate of drug-likeness (QED) is 0.173. The molecule has 3 heterocycles. The summed E-state index contributed by atoms with van der Waals surface area (Å²) in [7, 11) is 0. The zero-order valence-corrected chi connectivity index (χ0v) is 29.4. The largest absolute Gasteiger partial charge is 0.236 e. The maximum absolute atomic E-state index is 5.10. The molecule has 0 spiro atoms. The molecule has 4 nitrogen and oxygen atoms in total. The highest BCUT2D eigenvalue weighted by Crippen LogP contribution is 2.43. The van der Waals surface area contributed by atoms with Gasteiger partial charge in [-0.1, -0.05) is 146 Å². The molecule has 0 atom stereocenters. The second-order valence-corrected chi connectivity index (χ2v) is 14.8. The van der Waals surface area contributed by atoms with Crippen molar-refractivity contribution in [2.24, 2.45) is 0 Å². The van der Waals surface area contributed by atoms with Crippen molar-refractivity contribution in [3.05, 3.63) is 170 Å². The van der Waals surface area contributed by atoms with Crippen LogP contribution in [0, 0.1) is 0 Å². The smallest absolute Gasteiger partial charge is 0.164 e. The van der Waals surface area contributed by atoms with Crippen molar-refractivity contribution >= 4 is 53.1 Å². The van der Waals surface area contributed by atoms with Crippen LogP contribution in [0.2, 0.25) is 0 Å². The third-order valence-electron chi connectivity index (χ3n) is 9.38. The standard InChI is InChI=1S/C46H28N4S2/c1-4-12-29(13-5-1)30-22-24-33(25-23-30)46-47-38-28-40-37(27-41(38)52-46)42-36(20-11-21-39(42)51-40)34-18-10-19-35(26-34)45-49-43(31-14-6-2-7-15-31)48-44(50-45)32-16-8-3-9-17-32/h1-28H. The molecule has 52 heavy (non-hydrogen) atoms. The summed E-state index contributed by atoms with van der Waals surface area (Å²) in [5.41, 5.74) is 9.75. The van der Waals surface area contributed by atoms with Crippen molar-refractivity contribution in [1.82, 2.24) is 19.9 Å². The van der Waals surface area contributed by atoms with Crippen molar-refractivity contribution in [2.45, 2.75) is 0 Å². The Hall–Kier alpha value is -6.34. The average molecular weight is 701 g/mol. The van der Waals surface area contributed by atoms with E-state index in [4.69, 9.17) is 19.9 Å². The highest BCUT2D eigenvalue weighted by molar-refractivity contribution is 7.26. The first-order valence-electron chi connectivity index (χ1n) is 17.1. The van der Waals surface area contributed by atoms with Crippen LogP contribution in [-0.2, 0) is 0 Å². The first kappa shape index (κ1) is 30.5. The summed E-state index contributed by atoms with van der Waals surface area (Å²) >= 11 is 3.57. The number of hydrogen-bond acceptors (Lipinski definition) is 6. The zero-order chi connectivity index (χ0) is 34.4. The van der Waals surface area contributed by atoms with Gasteiger partial charge in [-0.2, -0.15) is 0 Å². The molecular weight excluding hydrogens is 673 g/mol. The topological polar surface area (TPSA) is 51.6 Å². The maximum Gasteiger partial charge on any atom is 0.164 e. The van der Waals surface area contributed by atoms with Crippen LogP contribution in [0.25, 0.3) is 97.4 Å². The van der Waals surface area contributed by atoms with Gasteiger partial charge in [-0.05, 0) is 46.5 Å². The summed E-state index contributed by atoms with van der Waals surface area (Å²) in [6, 6.07) is 59.2. The van der Waals surface area contributed by atoms with E-state index in [1.54, 1.807) is 11.3 Å². The van der Waals surface area contributed by atoms with Crippen LogP contribution in [0.15, 0.2) is 170 Å². The van der Waals surface area contributed by atoms with Gasteiger partial charge in [-0.15, -0.1) is 22.7 Å². The number of fused-ring (bicyclic) bond motifs is 4. The average Bonchev–Trinajstić information content (AvgIpc) is 3.81. The second kappa shape index (κ2) is 12.8. The lowest BCUT2D eigenvalue weighted by molar-refractivity contribution is 1.07. The summed E-state index contributed by atoms with van der Waals surface area (Å²) in [6.07, 6.45) is 0. The zero-order valence-electron chi connectivity index (χ0n) is 27.8. The van der Waals surface area contributed by atoms with Gasteiger partial charge in [0, 0.05) is 42.4 Å². The number of thiophene rings is 1. The Kier molecular flexibility index (Phi) is 7.48. The van der Waals surface area contributed by atoms with E-state index in [0.29, 0.717) is 17.5 Å². The predicted octanol–water partition coefficient (Wildman–Crippen LogP) is 12.9. The van der Waals surface area contributed by atoms with Crippen LogP contribution in [0.1, 0.15) is 0 Å². The van der Waals surface area contributed by atoms with Gasteiger partial charge in [-0.25, -0.2) is 19.9 Å². The number of nitrogens with zero attached hydrogens (tertiary/aromatic N) is 4. The molecule has 3 aromatic heterocycles. The monoisotopic (exact) mass is 700 g/mol. The van der Waals surface area contributed by atoms with Gasteiger partial charge in [0.2, 0.25) is 0 Å². The Labute approximate surface area is 308 Å². The SMILES string of the molecule is c1ccc(-c2ccc(-c3nc4cc5sc6cccc(-c7cccc(-c8nc(-c9ccccc9)nc(-c9ccccc9)n8)c7)c6c5cc4s3)cc2)cc1. The molecule has 6 heteroatoms. The fourth-order valence-corrected chi connectivity index (χ4v) is 8.95. The Morgan fingerprint density at radius 1 is 0.327 bits per heavy atom. The molecule has 0 N–H and O–H groups in total. The van der Waals surface area contributed by atoms with E-state index >= 15 is 0 Å². The lowest BCUT2D eigenvalue weighted by atomic mass is 9.98. The van der Waals surface area contributed by atoms with Crippen LogP contribution in [0.5, 0.6) is 0 Å². The fraction of sp³-hybridized carbons (Fsp3) is 0. The van der Waals surface area contributed by atoms with E-state index in [1.807, 2.05) is 78.1 Å². The summed E-state index contributed by atoms with van der Waals surface area (Å²) in [4.78, 5) is 20.0. The number of hydrogen-bond donors (Lipinski definition) is 0. The van der Waals surface area contributed by atoms with E-state index in [0.717, 1.165) is 38.3 Å². The molecule has 244 valence electrons. The third kappa shape index (κ3) is 5.55. The van der Waals surface area contributed by atoms with Crippen LogP contribution in [-0.4, -0.2) is 19.9 Å². The Morgan fingerprint density at radius 3 is 1.54 bits per heavy atom. The molecule has 10 rings (SSSR count). The maximum atomic E-state index is 5.10. The molecule has 0 saturated carbocycles. The summed E-state index contributed by atoms with van der Waals surface area (Å²) in [5, 5.41) is 3.54. The van der Waals surface area contributed by atoms with Gasteiger partial charge in [0.25, 0.3) is 0 Å². The molecule has 0 aliphatic rings. The summed E-state index contributed by atoms with van der Waals surface area (Å²) < 4.78 is 3.68. The first-order chi connectivity index (χ1) is 25.7. The van der Waals surface area contributed by atoms with Gasteiger partial charge >= 0.3 is 0 Å². The van der Waals surface area contributed by atoms with Crippen LogP contribution < -0.4 is 0 Å². The summed E-state index contributed by atoms with van der Waals surface area (Å²) in [6.45, 7) is 0. The van der Waals surface area contributed by atoms with Crippen molar-refractivity contribution in [1.29, 1.82) is 0 Å². The van der Waals surface area contributed by atoms with Gasteiger partial charge in [0.05, 0.1) is 10.2 Å². The normalized spacial score (nSPS) is 11.5. The predicted molar refractivity (Wildman–Crippen MR) is 219 cm³/mol. The fourth-order valence-electron chi connectivity index (χ4n) is 6.81. The number of rotatable bonds is 6. The van der Waals surface area contributed by atoms with Crippen molar-refractivity contribution in [3.63, 3.8) is 0 Å². The molecule has 7 aromatic carbocycles. The van der Waals surface area contributed by atoms with Crippen LogP contribution in [0.4, 0.5) is 0 Å². The second-order valence-electron chi connectivity index (χ2n) is 12.7. The van der Waals surface area contributed by atoms with Gasteiger partial charge in [-0.3, -0.25) is 0 Å². The highest BCUT2D eigenvalue weighted by Gasteiger charge is 2.17. The molecule has 0 aliphatic carbocycles. The van der Waals surface area contributed by atoms with Gasteiger partial charge in [0.1, 0.15) is 5.01 Å². The Bertz CT molecular complexity index is 2820.